The number of phenolic OH excluding ortho intramolecular Hbond substituents is 1. The highest BCUT2D eigenvalue weighted by atomic mass is 16.5. The second-order valence-corrected chi connectivity index (χ2v) is 6.78. The average molecular weight is 270 g/mol. The summed E-state index contributed by atoms with van der Waals surface area (Å²) in [6, 6.07) is 3.80. The number of benzene rings is 1. The minimum absolute atomic E-state index is 0.0985. The Bertz CT molecular complexity index is 635. The van der Waals surface area contributed by atoms with Crippen molar-refractivity contribution < 1.29 is 14.9 Å². The van der Waals surface area contributed by atoms with Crippen molar-refractivity contribution in [3.05, 3.63) is 35.4 Å². The molecule has 1 spiro atoms. The Kier molecular flexibility index (Phi) is 1.90. The second kappa shape index (κ2) is 3.40. The molecule has 1 unspecified atom stereocenters. The molecule has 4 aliphatic rings. The van der Waals surface area contributed by atoms with E-state index in [0.717, 1.165) is 12.8 Å². The molecule has 0 amide bonds. The van der Waals surface area contributed by atoms with E-state index in [2.05, 4.69) is 12.1 Å². The largest absolute Gasteiger partial charge is 0.504 e. The standard InChI is InChI=1S/C17H18O3/c18-12-5-3-10-8-9-2-1-7-17-11(9)4-6-13(19)16(17)20-15(12)14(10)17/h3-6,9,11,13,16,18-19H,1-2,7-8H2/t9-,11+,13+,16+,17?/m1/s1. The molecule has 1 saturated carbocycles. The van der Waals surface area contributed by atoms with E-state index in [-0.39, 0.29) is 17.3 Å². The summed E-state index contributed by atoms with van der Waals surface area (Å²) in [7, 11) is 0. The monoisotopic (exact) mass is 270 g/mol. The average Bonchev–Trinajstić information content (AvgIpc) is 2.78. The highest BCUT2D eigenvalue weighted by molar-refractivity contribution is 5.61. The normalized spacial score (nSPS) is 43.0. The van der Waals surface area contributed by atoms with Crippen LogP contribution in [-0.2, 0) is 11.8 Å². The summed E-state index contributed by atoms with van der Waals surface area (Å²) in [5.74, 6) is 1.98. The maximum absolute atomic E-state index is 10.4. The fourth-order valence-electron chi connectivity index (χ4n) is 5.38. The fourth-order valence-corrected chi connectivity index (χ4v) is 5.38. The fraction of sp³-hybridized carbons (Fsp3) is 0.529. The van der Waals surface area contributed by atoms with Crippen LogP contribution in [0, 0.1) is 11.8 Å². The highest BCUT2D eigenvalue weighted by Gasteiger charge is 2.63. The van der Waals surface area contributed by atoms with Crippen LogP contribution in [0.2, 0.25) is 0 Å². The zero-order valence-electron chi connectivity index (χ0n) is 11.2. The van der Waals surface area contributed by atoms with Crippen molar-refractivity contribution in [2.45, 2.75) is 43.3 Å². The first-order chi connectivity index (χ1) is 9.72. The molecule has 1 aromatic carbocycles. The number of hydrogen-bond donors (Lipinski definition) is 2. The second-order valence-electron chi connectivity index (χ2n) is 6.78. The Morgan fingerprint density at radius 3 is 3.05 bits per heavy atom. The van der Waals surface area contributed by atoms with Crippen molar-refractivity contribution in [1.82, 2.24) is 0 Å². The van der Waals surface area contributed by atoms with E-state index in [1.165, 1.54) is 24.0 Å². The Labute approximate surface area is 117 Å². The Hall–Kier alpha value is -1.48. The lowest BCUT2D eigenvalue weighted by Crippen LogP contribution is -2.57. The zero-order chi connectivity index (χ0) is 13.5. The third-order valence-corrected chi connectivity index (χ3v) is 6.02. The predicted molar refractivity (Wildman–Crippen MR) is 73.9 cm³/mol. The van der Waals surface area contributed by atoms with E-state index in [0.29, 0.717) is 17.6 Å². The van der Waals surface area contributed by atoms with Gasteiger partial charge < -0.3 is 14.9 Å². The summed E-state index contributed by atoms with van der Waals surface area (Å²) in [6.45, 7) is 0. The van der Waals surface area contributed by atoms with Crippen LogP contribution in [0.3, 0.4) is 0 Å². The number of ether oxygens (including phenoxy) is 1. The van der Waals surface area contributed by atoms with Crippen molar-refractivity contribution in [2.75, 3.05) is 0 Å². The van der Waals surface area contributed by atoms with Gasteiger partial charge in [0, 0.05) is 11.0 Å². The van der Waals surface area contributed by atoms with E-state index in [4.69, 9.17) is 4.74 Å². The van der Waals surface area contributed by atoms with Gasteiger partial charge in [-0.3, -0.25) is 0 Å². The van der Waals surface area contributed by atoms with Crippen LogP contribution in [0.15, 0.2) is 24.3 Å². The number of phenols is 1. The van der Waals surface area contributed by atoms with Crippen molar-refractivity contribution in [3.8, 4) is 11.5 Å². The summed E-state index contributed by atoms with van der Waals surface area (Å²) in [5, 5.41) is 20.6. The van der Waals surface area contributed by atoms with E-state index >= 15 is 0 Å². The van der Waals surface area contributed by atoms with Crippen LogP contribution in [0.25, 0.3) is 0 Å². The molecule has 104 valence electrons. The number of allylic oxidation sites excluding steroid dienone is 1. The number of aliphatic hydroxyl groups excluding tert-OH is 1. The topological polar surface area (TPSA) is 49.7 Å². The van der Waals surface area contributed by atoms with Gasteiger partial charge >= 0.3 is 0 Å². The van der Waals surface area contributed by atoms with Crippen molar-refractivity contribution in [3.63, 3.8) is 0 Å². The minimum Gasteiger partial charge on any atom is -0.504 e. The summed E-state index contributed by atoms with van der Waals surface area (Å²) in [6.07, 6.45) is 7.92. The van der Waals surface area contributed by atoms with E-state index in [1.807, 2.05) is 6.08 Å². The first-order valence-corrected chi connectivity index (χ1v) is 7.60. The number of hydrogen-bond acceptors (Lipinski definition) is 3. The summed E-state index contributed by atoms with van der Waals surface area (Å²) in [5.41, 5.74) is 2.43. The molecule has 20 heavy (non-hydrogen) atoms. The maximum atomic E-state index is 10.4. The van der Waals surface area contributed by atoms with Gasteiger partial charge in [-0.25, -0.2) is 0 Å². The molecule has 3 nitrogen and oxygen atoms in total. The maximum Gasteiger partial charge on any atom is 0.165 e. The molecule has 1 aromatic rings. The Morgan fingerprint density at radius 1 is 1.25 bits per heavy atom. The third kappa shape index (κ3) is 1.05. The van der Waals surface area contributed by atoms with Crippen LogP contribution in [-0.4, -0.2) is 22.4 Å². The molecule has 3 heteroatoms. The lowest BCUT2D eigenvalue weighted by molar-refractivity contribution is -0.0272. The van der Waals surface area contributed by atoms with Gasteiger partial charge in [0.05, 0.1) is 0 Å². The van der Waals surface area contributed by atoms with Crippen molar-refractivity contribution in [2.24, 2.45) is 11.8 Å². The van der Waals surface area contributed by atoms with Gasteiger partial charge in [0.25, 0.3) is 0 Å². The smallest absolute Gasteiger partial charge is 0.165 e. The summed E-state index contributed by atoms with van der Waals surface area (Å²) >= 11 is 0. The van der Waals surface area contributed by atoms with Crippen LogP contribution >= 0.6 is 0 Å². The summed E-state index contributed by atoms with van der Waals surface area (Å²) < 4.78 is 6.07. The number of aromatic hydroxyl groups is 1. The van der Waals surface area contributed by atoms with Gasteiger partial charge in [-0.15, -0.1) is 0 Å². The third-order valence-electron chi connectivity index (χ3n) is 6.02. The van der Waals surface area contributed by atoms with E-state index in [1.54, 1.807) is 6.07 Å². The van der Waals surface area contributed by atoms with Crippen molar-refractivity contribution in [1.29, 1.82) is 0 Å². The van der Waals surface area contributed by atoms with Crippen LogP contribution in [0.1, 0.15) is 30.4 Å². The number of rotatable bonds is 0. The van der Waals surface area contributed by atoms with Gasteiger partial charge in [-0.2, -0.15) is 0 Å². The molecular weight excluding hydrogens is 252 g/mol. The SMILES string of the molecule is Oc1ccc2c3c1O[C@H]1[C@@H](O)C=C[C@H]4[C@H](CCCC341)C2. The van der Waals surface area contributed by atoms with E-state index in [9.17, 15) is 10.2 Å². The predicted octanol–water partition coefficient (Wildman–Crippen LogP) is 2.29. The Morgan fingerprint density at radius 2 is 2.15 bits per heavy atom. The van der Waals surface area contributed by atoms with Gasteiger partial charge in [0.2, 0.25) is 0 Å². The molecule has 5 atom stereocenters. The lowest BCUT2D eigenvalue weighted by atomic mass is 9.50. The summed E-state index contributed by atoms with van der Waals surface area (Å²) in [4.78, 5) is 0. The quantitative estimate of drug-likeness (QED) is 0.711. The molecule has 1 heterocycles. The van der Waals surface area contributed by atoms with Gasteiger partial charge in [-0.1, -0.05) is 24.6 Å². The molecule has 0 radical (unpaired) electrons. The molecule has 5 rings (SSSR count). The van der Waals surface area contributed by atoms with E-state index < -0.39 is 6.10 Å². The first kappa shape index (κ1) is 11.2. The molecule has 0 aromatic heterocycles. The molecule has 0 saturated heterocycles. The Balaban J connectivity index is 1.86. The molecule has 1 fully saturated rings. The zero-order valence-corrected chi connectivity index (χ0v) is 11.2. The molecule has 2 N–H and O–H groups in total. The van der Waals surface area contributed by atoms with Gasteiger partial charge in [0.15, 0.2) is 11.5 Å². The van der Waals surface area contributed by atoms with Crippen LogP contribution in [0.4, 0.5) is 0 Å². The van der Waals surface area contributed by atoms with Gasteiger partial charge in [0.1, 0.15) is 12.2 Å². The van der Waals surface area contributed by atoms with Crippen LogP contribution in [0.5, 0.6) is 11.5 Å². The molecular formula is C17H18O3. The first-order valence-electron chi connectivity index (χ1n) is 7.60. The van der Waals surface area contributed by atoms with Gasteiger partial charge in [-0.05, 0) is 42.7 Å². The number of aliphatic hydroxyl groups is 1. The molecule has 3 aliphatic carbocycles. The lowest BCUT2D eigenvalue weighted by Gasteiger charge is -2.53. The highest BCUT2D eigenvalue weighted by Crippen LogP contribution is 2.64. The minimum atomic E-state index is -0.567. The molecule has 1 aliphatic heterocycles. The van der Waals surface area contributed by atoms with Crippen LogP contribution < -0.4 is 4.74 Å². The van der Waals surface area contributed by atoms with Crippen molar-refractivity contribution >= 4 is 0 Å². The molecule has 2 bridgehead atoms.